The molecule has 1 heterocycles. The Kier molecular flexibility index (Phi) is 7.06. The second kappa shape index (κ2) is 10.3. The van der Waals surface area contributed by atoms with Gasteiger partial charge in [-0.3, -0.25) is 19.3 Å². The molecule has 0 spiro atoms. The van der Waals surface area contributed by atoms with Crippen molar-refractivity contribution in [1.29, 1.82) is 0 Å². The van der Waals surface area contributed by atoms with Crippen LogP contribution < -0.4 is 10.1 Å². The molecule has 34 heavy (non-hydrogen) atoms. The number of hydrogen-bond acceptors (Lipinski definition) is 6. The van der Waals surface area contributed by atoms with Crippen LogP contribution in [-0.2, 0) is 30.3 Å². The Bertz CT molecular complexity index is 1090. The van der Waals surface area contributed by atoms with Gasteiger partial charge in [-0.05, 0) is 30.5 Å². The van der Waals surface area contributed by atoms with Crippen molar-refractivity contribution in [3.05, 3.63) is 72.3 Å². The molecule has 1 aliphatic carbocycles. The number of allylic oxidation sites excluding steroid dienone is 2. The number of imide groups is 1. The Hall–Kier alpha value is -3.94. The summed E-state index contributed by atoms with van der Waals surface area (Å²) >= 11 is 0. The number of rotatable bonds is 8. The molecule has 176 valence electrons. The van der Waals surface area contributed by atoms with Crippen LogP contribution in [0.1, 0.15) is 18.4 Å². The number of fused-ring (bicyclic) bond motifs is 1. The minimum atomic E-state index is -1.15. The number of methoxy groups -OCH3 is 1. The van der Waals surface area contributed by atoms with Crippen LogP contribution in [0.2, 0.25) is 0 Å². The van der Waals surface area contributed by atoms with Crippen molar-refractivity contribution in [2.24, 2.45) is 11.8 Å². The van der Waals surface area contributed by atoms with E-state index in [9.17, 15) is 19.2 Å². The van der Waals surface area contributed by atoms with Crippen LogP contribution in [0.15, 0.2) is 66.7 Å². The molecule has 0 radical (unpaired) electrons. The molecule has 2 aromatic carbocycles. The normalized spacial score (nSPS) is 20.0. The topological polar surface area (TPSA) is 102 Å². The zero-order valence-corrected chi connectivity index (χ0v) is 18.8. The van der Waals surface area contributed by atoms with Gasteiger partial charge in [0.1, 0.15) is 11.8 Å². The molecule has 3 atom stereocenters. The summed E-state index contributed by atoms with van der Waals surface area (Å²) in [5, 5.41) is 2.64. The number of carbonyl (C=O) groups is 4. The average molecular weight is 463 g/mol. The van der Waals surface area contributed by atoms with Crippen LogP contribution in [-0.4, -0.2) is 48.3 Å². The van der Waals surface area contributed by atoms with Crippen LogP contribution in [0.4, 0.5) is 5.69 Å². The van der Waals surface area contributed by atoms with Crippen molar-refractivity contribution >= 4 is 29.4 Å². The fourth-order valence-corrected chi connectivity index (χ4v) is 4.42. The maximum absolute atomic E-state index is 13.1. The minimum absolute atomic E-state index is 0.109. The van der Waals surface area contributed by atoms with Gasteiger partial charge in [-0.15, -0.1) is 0 Å². The first kappa shape index (κ1) is 23.2. The fourth-order valence-electron chi connectivity index (χ4n) is 4.42. The number of benzene rings is 2. The number of amides is 3. The number of para-hydroxylation sites is 2. The largest absolute Gasteiger partial charge is 0.495 e. The lowest BCUT2D eigenvalue weighted by Crippen LogP contribution is -2.48. The van der Waals surface area contributed by atoms with E-state index in [1.165, 1.54) is 7.11 Å². The van der Waals surface area contributed by atoms with E-state index in [2.05, 4.69) is 5.32 Å². The molecule has 0 bridgehead atoms. The number of hydrogen-bond donors (Lipinski definition) is 1. The maximum Gasteiger partial charge on any atom is 0.330 e. The summed E-state index contributed by atoms with van der Waals surface area (Å²) in [5.41, 5.74) is 1.21. The number of anilines is 1. The molecule has 2 aliphatic rings. The monoisotopic (exact) mass is 462 g/mol. The second-order valence-corrected chi connectivity index (χ2v) is 8.26. The van der Waals surface area contributed by atoms with Crippen LogP contribution in [0, 0.1) is 11.8 Å². The van der Waals surface area contributed by atoms with E-state index in [-0.39, 0.29) is 18.2 Å². The molecule has 0 aromatic heterocycles. The van der Waals surface area contributed by atoms with Gasteiger partial charge >= 0.3 is 5.97 Å². The van der Waals surface area contributed by atoms with E-state index in [0.717, 1.165) is 10.5 Å². The summed E-state index contributed by atoms with van der Waals surface area (Å²) in [5.74, 6) is -2.55. The van der Waals surface area contributed by atoms with E-state index >= 15 is 0 Å². The van der Waals surface area contributed by atoms with Crippen LogP contribution in [0.25, 0.3) is 0 Å². The fraction of sp³-hybridized carbons (Fsp3) is 0.308. The third kappa shape index (κ3) is 4.85. The molecule has 1 N–H and O–H groups in total. The van der Waals surface area contributed by atoms with E-state index < -0.39 is 36.4 Å². The SMILES string of the molecule is COc1ccccc1NC(=O)COC(=O)[C@H](Cc1ccccc1)N1C(=O)[C@H]2CC=CC[C@H]2C1=O. The summed E-state index contributed by atoms with van der Waals surface area (Å²) in [7, 11) is 1.48. The summed E-state index contributed by atoms with van der Waals surface area (Å²) in [4.78, 5) is 52.8. The van der Waals surface area contributed by atoms with Gasteiger partial charge in [-0.1, -0.05) is 54.6 Å². The van der Waals surface area contributed by atoms with Gasteiger partial charge < -0.3 is 14.8 Å². The van der Waals surface area contributed by atoms with Gasteiger partial charge in [0.15, 0.2) is 6.61 Å². The van der Waals surface area contributed by atoms with Gasteiger partial charge in [-0.2, -0.15) is 0 Å². The number of esters is 1. The summed E-state index contributed by atoms with van der Waals surface area (Å²) in [6.07, 6.45) is 4.84. The smallest absolute Gasteiger partial charge is 0.330 e. The van der Waals surface area contributed by atoms with Crippen molar-refractivity contribution in [3.8, 4) is 5.75 Å². The quantitative estimate of drug-likeness (QED) is 0.368. The first-order valence-electron chi connectivity index (χ1n) is 11.1. The van der Waals surface area contributed by atoms with Gasteiger partial charge in [-0.25, -0.2) is 4.79 Å². The van der Waals surface area contributed by atoms with Crippen molar-refractivity contribution in [2.75, 3.05) is 19.0 Å². The van der Waals surface area contributed by atoms with E-state index in [1.54, 1.807) is 24.3 Å². The number of likely N-dealkylation sites (tertiary alicyclic amines) is 1. The lowest BCUT2D eigenvalue weighted by Gasteiger charge is -2.25. The van der Waals surface area contributed by atoms with Gasteiger partial charge in [0, 0.05) is 6.42 Å². The Morgan fingerprint density at radius 1 is 0.971 bits per heavy atom. The van der Waals surface area contributed by atoms with E-state index in [0.29, 0.717) is 24.3 Å². The zero-order chi connectivity index (χ0) is 24.1. The second-order valence-electron chi connectivity index (χ2n) is 8.26. The summed E-state index contributed by atoms with van der Waals surface area (Å²) in [6, 6.07) is 14.8. The Labute approximate surface area is 197 Å². The van der Waals surface area contributed by atoms with E-state index in [4.69, 9.17) is 9.47 Å². The number of nitrogens with one attached hydrogen (secondary N) is 1. The highest BCUT2D eigenvalue weighted by atomic mass is 16.5. The van der Waals surface area contributed by atoms with Crippen molar-refractivity contribution in [3.63, 3.8) is 0 Å². The Morgan fingerprint density at radius 3 is 2.24 bits per heavy atom. The van der Waals surface area contributed by atoms with Crippen LogP contribution >= 0.6 is 0 Å². The first-order chi connectivity index (χ1) is 16.5. The zero-order valence-electron chi connectivity index (χ0n) is 18.8. The molecule has 2 aromatic rings. The molecule has 1 aliphatic heterocycles. The molecule has 8 heteroatoms. The van der Waals surface area contributed by atoms with Crippen LogP contribution in [0.3, 0.4) is 0 Å². The molecular formula is C26H26N2O6. The maximum atomic E-state index is 13.1. The lowest BCUT2D eigenvalue weighted by molar-refractivity contribution is -0.160. The number of nitrogens with zero attached hydrogens (tertiary/aromatic N) is 1. The molecule has 0 unspecified atom stereocenters. The summed E-state index contributed by atoms with van der Waals surface area (Å²) in [6.45, 7) is -0.563. The standard InChI is InChI=1S/C26H26N2O6/c1-33-22-14-8-7-13-20(22)27-23(29)16-34-26(32)21(15-17-9-3-2-4-10-17)28-24(30)18-11-5-6-12-19(18)25(28)31/h2-10,13-14,18-19,21H,11-12,15-16H2,1H3,(H,27,29)/t18-,19+,21-/m0/s1. The van der Waals surface area contributed by atoms with E-state index in [1.807, 2.05) is 42.5 Å². The third-order valence-corrected chi connectivity index (χ3v) is 6.12. The molecule has 3 amide bonds. The van der Waals surface area contributed by atoms with Crippen molar-refractivity contribution in [1.82, 2.24) is 4.90 Å². The Balaban J connectivity index is 1.49. The van der Waals surface area contributed by atoms with Gasteiger partial charge in [0.2, 0.25) is 11.8 Å². The lowest BCUT2D eigenvalue weighted by atomic mass is 9.85. The predicted octanol–water partition coefficient (Wildman–Crippen LogP) is 2.74. The highest BCUT2D eigenvalue weighted by Gasteiger charge is 2.51. The molecule has 8 nitrogen and oxygen atoms in total. The minimum Gasteiger partial charge on any atom is -0.495 e. The first-order valence-corrected chi connectivity index (χ1v) is 11.1. The molecule has 0 saturated carbocycles. The molecular weight excluding hydrogens is 436 g/mol. The average Bonchev–Trinajstić information content (AvgIpc) is 3.12. The molecule has 4 rings (SSSR count). The van der Waals surface area contributed by atoms with Crippen molar-refractivity contribution < 1.29 is 28.7 Å². The van der Waals surface area contributed by atoms with Gasteiger partial charge in [0.05, 0.1) is 24.6 Å². The highest BCUT2D eigenvalue weighted by molar-refractivity contribution is 6.08. The van der Waals surface area contributed by atoms with Crippen LogP contribution in [0.5, 0.6) is 5.75 Å². The predicted molar refractivity (Wildman–Crippen MR) is 124 cm³/mol. The highest BCUT2D eigenvalue weighted by Crippen LogP contribution is 2.36. The Morgan fingerprint density at radius 2 is 1.59 bits per heavy atom. The summed E-state index contributed by atoms with van der Waals surface area (Å²) < 4.78 is 10.5. The molecule has 1 saturated heterocycles. The number of carbonyl (C=O) groups excluding carboxylic acids is 4. The third-order valence-electron chi connectivity index (χ3n) is 6.12. The number of ether oxygens (including phenoxy) is 2. The van der Waals surface area contributed by atoms with Crippen molar-refractivity contribution in [2.45, 2.75) is 25.3 Å². The molecule has 1 fully saturated rings. The van der Waals surface area contributed by atoms with Gasteiger partial charge in [0.25, 0.3) is 5.91 Å².